The largest absolute Gasteiger partial charge is 0.489 e. The standard InChI is InChI=1S/C27H30N8O6/c1-4-34-20(9-15(2)32-34)25(38)31-26-30-19-11-17(24(28)37)12-21-23(19)35(26)18(14-40-21)5-7-29-27(39)41-13-16-6-8-33(3)22(36)10-16/h6,8-12,18H,4-5,7,13-14H2,1-3H3,(H2,28,37)(H,29,39)(H,30,31,38)/t18-/m0/s1. The first kappa shape index (κ1) is 27.4. The van der Waals surface area contributed by atoms with E-state index in [2.05, 4.69) is 20.7 Å². The molecule has 41 heavy (non-hydrogen) atoms. The first-order valence-corrected chi connectivity index (χ1v) is 13.0. The first-order chi connectivity index (χ1) is 19.6. The summed E-state index contributed by atoms with van der Waals surface area (Å²) in [4.78, 5) is 53.8. The van der Waals surface area contributed by atoms with E-state index in [9.17, 15) is 19.2 Å². The maximum absolute atomic E-state index is 13.2. The predicted octanol–water partition coefficient (Wildman–Crippen LogP) is 1.86. The maximum Gasteiger partial charge on any atom is 0.407 e. The van der Waals surface area contributed by atoms with Crippen LogP contribution < -0.4 is 26.7 Å². The Morgan fingerprint density at radius 3 is 2.76 bits per heavy atom. The predicted molar refractivity (Wildman–Crippen MR) is 148 cm³/mol. The van der Waals surface area contributed by atoms with Crippen molar-refractivity contribution in [1.29, 1.82) is 0 Å². The number of pyridine rings is 1. The Kier molecular flexibility index (Phi) is 7.46. The molecule has 4 aromatic rings. The molecule has 14 nitrogen and oxygen atoms in total. The number of nitrogens with one attached hydrogen (secondary N) is 2. The van der Waals surface area contributed by atoms with Crippen molar-refractivity contribution in [2.45, 2.75) is 39.5 Å². The number of nitrogens with two attached hydrogens (primary N) is 1. The molecule has 0 saturated carbocycles. The molecular formula is C27H30N8O6. The molecule has 0 radical (unpaired) electrons. The lowest BCUT2D eigenvalue weighted by Crippen LogP contribution is -2.31. The highest BCUT2D eigenvalue weighted by molar-refractivity contribution is 6.04. The van der Waals surface area contributed by atoms with Gasteiger partial charge in [-0.1, -0.05) is 0 Å². The number of aromatic nitrogens is 5. The van der Waals surface area contributed by atoms with E-state index in [4.69, 9.17) is 15.2 Å². The highest BCUT2D eigenvalue weighted by atomic mass is 16.5. The number of imidazole rings is 1. The number of carbonyl (C=O) groups excluding carboxylic acids is 3. The second-order valence-corrected chi connectivity index (χ2v) is 9.69. The summed E-state index contributed by atoms with van der Waals surface area (Å²) in [5.74, 6) is -0.347. The number of ether oxygens (including phenoxy) is 2. The molecule has 0 saturated heterocycles. The van der Waals surface area contributed by atoms with Gasteiger partial charge in [-0.15, -0.1) is 0 Å². The summed E-state index contributed by atoms with van der Waals surface area (Å²) < 4.78 is 16.1. The molecule has 5 rings (SSSR count). The number of alkyl carbamates (subject to hydrolysis) is 1. The van der Waals surface area contributed by atoms with Crippen LogP contribution in [0.4, 0.5) is 10.7 Å². The van der Waals surface area contributed by atoms with Crippen LogP contribution in [-0.4, -0.2) is 55.0 Å². The van der Waals surface area contributed by atoms with Crippen LogP contribution in [0, 0.1) is 6.92 Å². The Balaban J connectivity index is 1.34. The number of hydrogen-bond acceptors (Lipinski definition) is 8. The van der Waals surface area contributed by atoms with E-state index in [0.717, 1.165) is 0 Å². The van der Waals surface area contributed by atoms with Gasteiger partial charge < -0.3 is 29.7 Å². The van der Waals surface area contributed by atoms with Gasteiger partial charge in [-0.25, -0.2) is 9.78 Å². The molecule has 0 spiro atoms. The van der Waals surface area contributed by atoms with E-state index in [1.165, 1.54) is 10.6 Å². The molecule has 3 aromatic heterocycles. The summed E-state index contributed by atoms with van der Waals surface area (Å²) in [6.45, 7) is 4.59. The number of nitrogens with zero attached hydrogens (tertiary/aromatic N) is 5. The van der Waals surface area contributed by atoms with Crippen LogP contribution >= 0.6 is 0 Å². The van der Waals surface area contributed by atoms with Gasteiger partial charge in [0.05, 0.1) is 17.3 Å². The Bertz CT molecular complexity index is 1720. The third-order valence-corrected chi connectivity index (χ3v) is 6.78. The first-order valence-electron chi connectivity index (χ1n) is 13.0. The zero-order valence-corrected chi connectivity index (χ0v) is 22.8. The van der Waals surface area contributed by atoms with Crippen molar-refractivity contribution in [2.24, 2.45) is 12.8 Å². The van der Waals surface area contributed by atoms with Crippen molar-refractivity contribution < 1.29 is 23.9 Å². The Morgan fingerprint density at radius 1 is 1.22 bits per heavy atom. The topological polar surface area (TPSA) is 177 Å². The van der Waals surface area contributed by atoms with Crippen LogP contribution in [0.15, 0.2) is 41.3 Å². The van der Waals surface area contributed by atoms with Gasteiger partial charge in [-0.3, -0.25) is 24.4 Å². The van der Waals surface area contributed by atoms with Crippen molar-refractivity contribution in [1.82, 2.24) is 29.2 Å². The molecule has 0 aliphatic carbocycles. The quantitative estimate of drug-likeness (QED) is 0.277. The van der Waals surface area contributed by atoms with Crippen LogP contribution in [0.5, 0.6) is 5.75 Å². The molecule has 14 heteroatoms. The average Bonchev–Trinajstić information content (AvgIpc) is 3.51. The highest BCUT2D eigenvalue weighted by Crippen LogP contribution is 2.38. The van der Waals surface area contributed by atoms with E-state index in [1.807, 2.05) is 11.5 Å². The zero-order valence-electron chi connectivity index (χ0n) is 22.8. The van der Waals surface area contributed by atoms with Gasteiger partial charge in [-0.2, -0.15) is 5.10 Å². The number of benzene rings is 1. The summed E-state index contributed by atoms with van der Waals surface area (Å²) in [5, 5.41) is 9.93. The molecule has 1 aliphatic heterocycles. The number of aryl methyl sites for hydroxylation is 3. The molecule has 0 bridgehead atoms. The summed E-state index contributed by atoms with van der Waals surface area (Å²) in [5.41, 5.74) is 8.22. The third kappa shape index (κ3) is 5.62. The van der Waals surface area contributed by atoms with Crippen molar-refractivity contribution in [3.05, 3.63) is 69.4 Å². The lowest BCUT2D eigenvalue weighted by molar-refractivity contribution is 0.0995. The third-order valence-electron chi connectivity index (χ3n) is 6.78. The number of carbonyl (C=O) groups is 3. The molecule has 1 aliphatic rings. The van der Waals surface area contributed by atoms with Crippen LogP contribution in [0.1, 0.15) is 51.5 Å². The number of rotatable bonds is 9. The zero-order chi connectivity index (χ0) is 29.3. The molecule has 4 N–H and O–H groups in total. The number of amides is 3. The highest BCUT2D eigenvalue weighted by Gasteiger charge is 2.29. The minimum atomic E-state index is -0.638. The summed E-state index contributed by atoms with van der Waals surface area (Å²) in [6.07, 6.45) is 1.38. The van der Waals surface area contributed by atoms with E-state index in [-0.39, 0.29) is 42.9 Å². The molecular weight excluding hydrogens is 532 g/mol. The van der Waals surface area contributed by atoms with Gasteiger partial charge in [-0.05, 0) is 50.1 Å². The van der Waals surface area contributed by atoms with E-state index in [1.54, 1.807) is 49.1 Å². The van der Waals surface area contributed by atoms with Gasteiger partial charge >= 0.3 is 6.09 Å². The molecule has 1 atom stereocenters. The Hall–Kier alpha value is -5.14. The summed E-state index contributed by atoms with van der Waals surface area (Å²) in [7, 11) is 1.63. The summed E-state index contributed by atoms with van der Waals surface area (Å²) in [6, 6.07) is 7.57. The fraction of sp³-hybridized carbons (Fsp3) is 0.333. The van der Waals surface area contributed by atoms with E-state index >= 15 is 0 Å². The molecule has 0 unspecified atom stereocenters. The van der Waals surface area contributed by atoms with Gasteiger partial charge in [0.25, 0.3) is 11.5 Å². The van der Waals surface area contributed by atoms with Crippen molar-refractivity contribution >= 4 is 34.9 Å². The average molecular weight is 563 g/mol. The van der Waals surface area contributed by atoms with Crippen LogP contribution in [0.2, 0.25) is 0 Å². The molecule has 3 amide bonds. The normalized spacial score (nSPS) is 14.0. The minimum Gasteiger partial charge on any atom is -0.489 e. The Morgan fingerprint density at radius 2 is 2.02 bits per heavy atom. The smallest absolute Gasteiger partial charge is 0.407 e. The fourth-order valence-corrected chi connectivity index (χ4v) is 4.72. The second kappa shape index (κ2) is 11.2. The fourth-order valence-electron chi connectivity index (χ4n) is 4.72. The lowest BCUT2D eigenvalue weighted by Gasteiger charge is -2.27. The molecule has 0 fully saturated rings. The van der Waals surface area contributed by atoms with E-state index < -0.39 is 17.9 Å². The number of hydrogen-bond donors (Lipinski definition) is 3. The van der Waals surface area contributed by atoms with Gasteiger partial charge in [0.1, 0.15) is 30.2 Å². The van der Waals surface area contributed by atoms with Gasteiger partial charge in [0, 0.05) is 38.0 Å². The van der Waals surface area contributed by atoms with Crippen molar-refractivity contribution in [3.8, 4) is 5.75 Å². The van der Waals surface area contributed by atoms with Crippen LogP contribution in [0.3, 0.4) is 0 Å². The van der Waals surface area contributed by atoms with Crippen molar-refractivity contribution in [2.75, 3.05) is 18.5 Å². The lowest BCUT2D eigenvalue weighted by atomic mass is 10.1. The molecule has 4 heterocycles. The van der Waals surface area contributed by atoms with Crippen LogP contribution in [-0.2, 0) is 24.9 Å². The summed E-state index contributed by atoms with van der Waals surface area (Å²) >= 11 is 0. The number of anilines is 1. The van der Waals surface area contributed by atoms with E-state index in [0.29, 0.717) is 46.7 Å². The monoisotopic (exact) mass is 562 g/mol. The minimum absolute atomic E-state index is 0.0455. The Labute approximate surface area is 234 Å². The van der Waals surface area contributed by atoms with Crippen molar-refractivity contribution in [3.63, 3.8) is 0 Å². The SMILES string of the molecule is CCn1nc(C)cc1C(=O)Nc1nc2cc(C(N)=O)cc3c2n1[C@@H](CCNC(=O)OCc1ccn(C)c(=O)c1)CO3. The second-order valence-electron chi connectivity index (χ2n) is 9.69. The maximum atomic E-state index is 13.2. The number of primary amides is 1. The van der Waals surface area contributed by atoms with Gasteiger partial charge in [0.15, 0.2) is 0 Å². The van der Waals surface area contributed by atoms with Gasteiger partial charge in [0.2, 0.25) is 11.9 Å². The molecule has 214 valence electrons. The molecule has 1 aromatic carbocycles. The van der Waals surface area contributed by atoms with Crippen LogP contribution in [0.25, 0.3) is 11.0 Å².